The van der Waals surface area contributed by atoms with Crippen molar-refractivity contribution in [3.63, 3.8) is 0 Å². The Bertz CT molecular complexity index is 542. The summed E-state index contributed by atoms with van der Waals surface area (Å²) in [5, 5.41) is 3.04. The fourth-order valence-electron chi connectivity index (χ4n) is 3.01. The lowest BCUT2D eigenvalue weighted by atomic mass is 9.87. The Balaban J connectivity index is 2.49. The molecular formula is C18H28N2O2. The van der Waals surface area contributed by atoms with E-state index in [1.54, 1.807) is 6.92 Å². The molecule has 0 bridgehead atoms. The fourth-order valence-corrected chi connectivity index (χ4v) is 3.01. The smallest absolute Gasteiger partial charge is 0.217 e. The molecule has 0 aromatic heterocycles. The van der Waals surface area contributed by atoms with E-state index < -0.39 is 0 Å². The highest BCUT2D eigenvalue weighted by Crippen LogP contribution is 2.40. The quantitative estimate of drug-likeness (QED) is 0.877. The summed E-state index contributed by atoms with van der Waals surface area (Å²) in [5.74, 6) is 1.27. The number of amides is 1. The average Bonchev–Trinajstić information content (AvgIpc) is 2.52. The minimum absolute atomic E-state index is 0.00692. The molecule has 0 saturated carbocycles. The molecule has 3 atom stereocenters. The number of carbonyl (C=O) groups excluding carboxylic acids is 1. The second-order valence-electron chi connectivity index (χ2n) is 6.26. The van der Waals surface area contributed by atoms with Crippen molar-refractivity contribution in [3.05, 3.63) is 28.8 Å². The zero-order chi connectivity index (χ0) is 16.3. The molecule has 1 aromatic rings. The van der Waals surface area contributed by atoms with E-state index in [2.05, 4.69) is 38.2 Å². The molecule has 3 N–H and O–H groups in total. The Morgan fingerprint density at radius 2 is 2.18 bits per heavy atom. The van der Waals surface area contributed by atoms with Crippen LogP contribution in [-0.2, 0) is 11.2 Å². The van der Waals surface area contributed by atoms with Gasteiger partial charge < -0.3 is 15.8 Å². The zero-order valence-corrected chi connectivity index (χ0v) is 14.1. The zero-order valence-electron chi connectivity index (χ0n) is 14.1. The molecule has 2 rings (SSSR count). The van der Waals surface area contributed by atoms with Crippen molar-refractivity contribution in [3.8, 4) is 5.75 Å². The Kier molecular flexibility index (Phi) is 5.46. The number of ether oxygens (including phenoxy) is 1. The maximum Gasteiger partial charge on any atom is 0.217 e. The highest BCUT2D eigenvalue weighted by atomic mass is 16.5. The first-order chi connectivity index (χ1) is 10.5. The van der Waals surface area contributed by atoms with E-state index in [1.165, 1.54) is 5.56 Å². The van der Waals surface area contributed by atoms with Crippen LogP contribution < -0.4 is 15.8 Å². The topological polar surface area (TPSA) is 64.3 Å². The molecule has 0 aliphatic carbocycles. The van der Waals surface area contributed by atoms with Gasteiger partial charge in [-0.05, 0) is 17.9 Å². The molecule has 0 spiro atoms. The summed E-state index contributed by atoms with van der Waals surface area (Å²) in [6.07, 6.45) is 2.78. The predicted molar refractivity (Wildman–Crippen MR) is 88.9 cm³/mol. The molecule has 1 heterocycles. The van der Waals surface area contributed by atoms with Gasteiger partial charge in [-0.15, -0.1) is 0 Å². The third-order valence-electron chi connectivity index (χ3n) is 4.64. The van der Waals surface area contributed by atoms with Crippen molar-refractivity contribution in [2.45, 2.75) is 59.0 Å². The third-order valence-corrected chi connectivity index (χ3v) is 4.64. The summed E-state index contributed by atoms with van der Waals surface area (Å²) in [5.41, 5.74) is 9.88. The number of hydrogen-bond acceptors (Lipinski definition) is 3. The van der Waals surface area contributed by atoms with Crippen molar-refractivity contribution >= 4 is 5.91 Å². The van der Waals surface area contributed by atoms with Crippen LogP contribution in [0.15, 0.2) is 12.1 Å². The highest BCUT2D eigenvalue weighted by Gasteiger charge is 2.28. The summed E-state index contributed by atoms with van der Waals surface area (Å²) in [7, 11) is 0. The largest absolute Gasteiger partial charge is 0.493 e. The lowest BCUT2D eigenvalue weighted by Gasteiger charge is -2.31. The third kappa shape index (κ3) is 3.43. The summed E-state index contributed by atoms with van der Waals surface area (Å²) in [4.78, 5) is 11.5. The van der Waals surface area contributed by atoms with E-state index in [1.807, 2.05) is 0 Å². The molecule has 4 nitrogen and oxygen atoms in total. The van der Waals surface area contributed by atoms with Gasteiger partial charge in [0.1, 0.15) is 5.75 Å². The minimum Gasteiger partial charge on any atom is -0.493 e. The normalized spacial score (nSPS) is 19.8. The number of nitrogens with two attached hydrogens (primary N) is 1. The van der Waals surface area contributed by atoms with Gasteiger partial charge in [-0.3, -0.25) is 4.79 Å². The van der Waals surface area contributed by atoms with Gasteiger partial charge >= 0.3 is 0 Å². The van der Waals surface area contributed by atoms with Gasteiger partial charge in [0.05, 0.1) is 12.6 Å². The number of aryl methyl sites for hydroxylation is 1. The van der Waals surface area contributed by atoms with Gasteiger partial charge in [0.2, 0.25) is 5.91 Å². The highest BCUT2D eigenvalue weighted by molar-refractivity contribution is 5.73. The van der Waals surface area contributed by atoms with E-state index in [9.17, 15) is 4.79 Å². The summed E-state index contributed by atoms with van der Waals surface area (Å²) >= 11 is 0. The monoisotopic (exact) mass is 304 g/mol. The summed E-state index contributed by atoms with van der Waals surface area (Å²) in [6, 6.07) is 4.31. The van der Waals surface area contributed by atoms with Gasteiger partial charge in [0, 0.05) is 30.5 Å². The van der Waals surface area contributed by atoms with Crippen molar-refractivity contribution in [2.24, 2.45) is 11.7 Å². The molecule has 0 saturated heterocycles. The van der Waals surface area contributed by atoms with Crippen molar-refractivity contribution in [2.75, 3.05) is 6.61 Å². The first-order valence-electron chi connectivity index (χ1n) is 8.30. The maximum absolute atomic E-state index is 11.5. The van der Waals surface area contributed by atoms with Crippen molar-refractivity contribution in [1.29, 1.82) is 0 Å². The van der Waals surface area contributed by atoms with Gasteiger partial charge in [-0.2, -0.15) is 0 Å². The molecule has 22 heavy (non-hydrogen) atoms. The van der Waals surface area contributed by atoms with Crippen molar-refractivity contribution in [1.82, 2.24) is 5.32 Å². The van der Waals surface area contributed by atoms with E-state index in [4.69, 9.17) is 10.5 Å². The molecule has 3 unspecified atom stereocenters. The van der Waals surface area contributed by atoms with E-state index >= 15 is 0 Å². The number of benzene rings is 1. The summed E-state index contributed by atoms with van der Waals surface area (Å²) in [6.45, 7) is 8.64. The number of rotatable bonds is 5. The Morgan fingerprint density at radius 3 is 2.77 bits per heavy atom. The van der Waals surface area contributed by atoms with Crippen molar-refractivity contribution < 1.29 is 9.53 Å². The molecule has 0 radical (unpaired) electrons. The first kappa shape index (κ1) is 16.8. The van der Waals surface area contributed by atoms with Gasteiger partial charge in [0.15, 0.2) is 0 Å². The maximum atomic E-state index is 11.5. The minimum atomic E-state index is -0.0404. The molecule has 1 aliphatic rings. The molecule has 1 aromatic carbocycles. The molecule has 1 aliphatic heterocycles. The average molecular weight is 304 g/mol. The van der Waals surface area contributed by atoms with E-state index in [0.29, 0.717) is 12.5 Å². The van der Waals surface area contributed by atoms with Gasteiger partial charge in [0.25, 0.3) is 0 Å². The van der Waals surface area contributed by atoms with E-state index in [-0.39, 0.29) is 18.0 Å². The van der Waals surface area contributed by atoms with Crippen LogP contribution in [-0.4, -0.2) is 12.5 Å². The Hall–Kier alpha value is -1.55. The molecular weight excluding hydrogens is 276 g/mol. The van der Waals surface area contributed by atoms with Crippen LogP contribution in [0, 0.1) is 5.92 Å². The SMILES string of the molecule is CCc1cc2c(c(C(N)C(C)CC)c1)OCCC2NC(C)=O. The second-order valence-corrected chi connectivity index (χ2v) is 6.26. The first-order valence-corrected chi connectivity index (χ1v) is 8.30. The van der Waals surface area contributed by atoms with Gasteiger partial charge in [-0.25, -0.2) is 0 Å². The Labute approximate surface area is 133 Å². The van der Waals surface area contributed by atoms with Crippen LogP contribution in [0.1, 0.15) is 69.3 Å². The van der Waals surface area contributed by atoms with E-state index in [0.717, 1.165) is 36.1 Å². The summed E-state index contributed by atoms with van der Waals surface area (Å²) < 4.78 is 5.95. The molecule has 1 amide bonds. The fraction of sp³-hybridized carbons (Fsp3) is 0.611. The number of nitrogens with one attached hydrogen (secondary N) is 1. The predicted octanol–water partition coefficient (Wildman–Crippen LogP) is 3.25. The molecule has 122 valence electrons. The standard InChI is InChI=1S/C18H28N2O2/c1-5-11(3)17(19)15-10-13(6-2)9-14-16(20-12(4)21)7-8-22-18(14)15/h9-11,16-17H,5-8,19H2,1-4H3,(H,20,21). The van der Waals surface area contributed by atoms with Crippen LogP contribution >= 0.6 is 0 Å². The van der Waals surface area contributed by atoms with Crippen LogP contribution in [0.3, 0.4) is 0 Å². The number of carbonyl (C=O) groups is 1. The lowest BCUT2D eigenvalue weighted by Crippen LogP contribution is -2.31. The van der Waals surface area contributed by atoms with Gasteiger partial charge in [-0.1, -0.05) is 39.3 Å². The lowest BCUT2D eigenvalue weighted by molar-refractivity contribution is -0.119. The molecule has 4 heteroatoms. The Morgan fingerprint density at radius 1 is 1.45 bits per heavy atom. The van der Waals surface area contributed by atoms with Crippen LogP contribution in [0.25, 0.3) is 0 Å². The van der Waals surface area contributed by atoms with Crippen LogP contribution in [0.5, 0.6) is 5.75 Å². The number of hydrogen-bond donors (Lipinski definition) is 2. The number of fused-ring (bicyclic) bond motifs is 1. The van der Waals surface area contributed by atoms with Crippen LogP contribution in [0.4, 0.5) is 0 Å². The van der Waals surface area contributed by atoms with Crippen LogP contribution in [0.2, 0.25) is 0 Å². The second kappa shape index (κ2) is 7.14. The molecule has 0 fully saturated rings.